The van der Waals surface area contributed by atoms with Gasteiger partial charge in [0.15, 0.2) is 0 Å². The van der Waals surface area contributed by atoms with Crippen LogP contribution in [-0.2, 0) is 16.1 Å². The normalized spacial score (nSPS) is 25.0. The molecule has 3 rings (SSSR count). The summed E-state index contributed by atoms with van der Waals surface area (Å²) < 4.78 is 5.51. The number of anilines is 1. The van der Waals surface area contributed by atoms with Crippen LogP contribution in [0.15, 0.2) is 18.2 Å². The fourth-order valence-corrected chi connectivity index (χ4v) is 2.60. The van der Waals surface area contributed by atoms with Gasteiger partial charge in [0.1, 0.15) is 5.60 Å². The first kappa shape index (κ1) is 12.2. The Kier molecular flexibility index (Phi) is 2.78. The number of fused-ring (bicyclic) bond motifs is 1. The second kappa shape index (κ2) is 4.35. The van der Waals surface area contributed by atoms with Gasteiger partial charge >= 0.3 is 0 Å². The van der Waals surface area contributed by atoms with Crippen molar-refractivity contribution in [2.24, 2.45) is 0 Å². The Labute approximate surface area is 111 Å². The monoisotopic (exact) mass is 260 g/mol. The second-order valence-electron chi connectivity index (χ2n) is 5.16. The lowest BCUT2D eigenvalue weighted by Gasteiger charge is -2.22. The molecule has 1 atom stereocenters. The highest BCUT2D eigenvalue weighted by Gasteiger charge is 2.38. The third-order valence-corrected chi connectivity index (χ3v) is 3.76. The first-order valence-corrected chi connectivity index (χ1v) is 6.46. The zero-order valence-corrected chi connectivity index (χ0v) is 10.8. The van der Waals surface area contributed by atoms with E-state index in [-0.39, 0.29) is 11.8 Å². The van der Waals surface area contributed by atoms with Crippen LogP contribution in [0.2, 0.25) is 0 Å². The smallest absolute Gasteiger partial charge is 0.256 e. The molecule has 5 heteroatoms. The molecule has 0 aromatic heterocycles. The number of rotatable bonds is 2. The maximum absolute atomic E-state index is 12.3. The molecule has 2 heterocycles. The van der Waals surface area contributed by atoms with E-state index in [1.165, 1.54) is 0 Å². The van der Waals surface area contributed by atoms with Gasteiger partial charge in [-0.15, -0.1) is 0 Å². The van der Waals surface area contributed by atoms with Crippen LogP contribution in [0.25, 0.3) is 0 Å². The predicted molar refractivity (Wildman–Crippen MR) is 69.8 cm³/mol. The molecule has 2 aliphatic heterocycles. The van der Waals surface area contributed by atoms with Crippen LogP contribution in [0.4, 0.5) is 5.69 Å². The summed E-state index contributed by atoms with van der Waals surface area (Å²) in [6.07, 6.45) is 1.59. The lowest BCUT2D eigenvalue weighted by Crippen LogP contribution is -2.39. The van der Waals surface area contributed by atoms with E-state index >= 15 is 0 Å². The average molecular weight is 260 g/mol. The fraction of sp³-hybridized carbons (Fsp3) is 0.429. The Morgan fingerprint density at radius 3 is 3.05 bits per heavy atom. The molecule has 2 amide bonds. The van der Waals surface area contributed by atoms with Crippen molar-refractivity contribution in [1.29, 1.82) is 0 Å². The van der Waals surface area contributed by atoms with Crippen molar-refractivity contribution in [2.45, 2.75) is 31.9 Å². The van der Waals surface area contributed by atoms with Gasteiger partial charge in [0, 0.05) is 13.2 Å². The van der Waals surface area contributed by atoms with Crippen molar-refractivity contribution >= 4 is 17.5 Å². The minimum atomic E-state index is -0.780. The SMILES string of the molecule is CC1(C(=O)Nc2cccc3c2C(=O)NC3)CCCO1. The van der Waals surface area contributed by atoms with Crippen LogP contribution in [-0.4, -0.2) is 24.0 Å². The van der Waals surface area contributed by atoms with Crippen LogP contribution in [0, 0.1) is 0 Å². The molecule has 1 fully saturated rings. The first-order valence-electron chi connectivity index (χ1n) is 6.46. The van der Waals surface area contributed by atoms with Gasteiger partial charge in [-0.05, 0) is 31.4 Å². The molecular weight excluding hydrogens is 244 g/mol. The number of ether oxygens (including phenoxy) is 1. The molecule has 0 radical (unpaired) electrons. The number of benzene rings is 1. The Morgan fingerprint density at radius 1 is 1.47 bits per heavy atom. The fourth-order valence-electron chi connectivity index (χ4n) is 2.60. The number of hydrogen-bond acceptors (Lipinski definition) is 3. The quantitative estimate of drug-likeness (QED) is 0.845. The van der Waals surface area contributed by atoms with E-state index in [0.717, 1.165) is 12.0 Å². The average Bonchev–Trinajstić information content (AvgIpc) is 2.98. The second-order valence-corrected chi connectivity index (χ2v) is 5.16. The maximum atomic E-state index is 12.3. The van der Waals surface area contributed by atoms with Gasteiger partial charge in [-0.2, -0.15) is 0 Å². The summed E-state index contributed by atoms with van der Waals surface area (Å²) in [5.41, 5.74) is 1.27. The molecule has 1 unspecified atom stereocenters. The van der Waals surface area contributed by atoms with Gasteiger partial charge in [-0.1, -0.05) is 12.1 Å². The molecule has 0 spiro atoms. The van der Waals surface area contributed by atoms with Crippen molar-refractivity contribution in [3.8, 4) is 0 Å². The Morgan fingerprint density at radius 2 is 2.32 bits per heavy atom. The summed E-state index contributed by atoms with van der Waals surface area (Å²) in [5.74, 6) is -0.318. The van der Waals surface area contributed by atoms with Gasteiger partial charge in [0.2, 0.25) is 0 Å². The lowest BCUT2D eigenvalue weighted by atomic mass is 10.0. The lowest BCUT2D eigenvalue weighted by molar-refractivity contribution is -0.133. The maximum Gasteiger partial charge on any atom is 0.256 e. The summed E-state index contributed by atoms with van der Waals surface area (Å²) in [7, 11) is 0. The number of hydrogen-bond donors (Lipinski definition) is 2. The molecule has 100 valence electrons. The summed E-state index contributed by atoms with van der Waals surface area (Å²) in [6, 6.07) is 5.48. The van der Waals surface area contributed by atoms with Crippen molar-refractivity contribution in [2.75, 3.05) is 11.9 Å². The van der Waals surface area contributed by atoms with Crippen molar-refractivity contribution in [3.05, 3.63) is 29.3 Å². The van der Waals surface area contributed by atoms with E-state index in [2.05, 4.69) is 10.6 Å². The van der Waals surface area contributed by atoms with Crippen LogP contribution in [0.1, 0.15) is 35.7 Å². The van der Waals surface area contributed by atoms with E-state index in [9.17, 15) is 9.59 Å². The van der Waals surface area contributed by atoms with Gasteiger partial charge in [-0.3, -0.25) is 9.59 Å². The van der Waals surface area contributed by atoms with Gasteiger partial charge in [-0.25, -0.2) is 0 Å². The van der Waals surface area contributed by atoms with E-state index in [4.69, 9.17) is 4.74 Å². The predicted octanol–water partition coefficient (Wildman–Crippen LogP) is 1.44. The van der Waals surface area contributed by atoms with Gasteiger partial charge in [0.25, 0.3) is 11.8 Å². The first-order chi connectivity index (χ1) is 9.10. The highest BCUT2D eigenvalue weighted by atomic mass is 16.5. The van der Waals surface area contributed by atoms with Crippen molar-refractivity contribution in [3.63, 3.8) is 0 Å². The Hall–Kier alpha value is -1.88. The Balaban J connectivity index is 1.87. The van der Waals surface area contributed by atoms with Crippen LogP contribution in [0.5, 0.6) is 0 Å². The van der Waals surface area contributed by atoms with Gasteiger partial charge in [0.05, 0.1) is 11.3 Å². The molecule has 0 saturated carbocycles. The number of carbonyl (C=O) groups excluding carboxylic acids is 2. The molecular formula is C14H16N2O3. The summed E-state index contributed by atoms with van der Waals surface area (Å²) in [6.45, 7) is 2.92. The standard InChI is InChI=1S/C14H16N2O3/c1-14(6-3-7-19-14)13(18)16-10-5-2-4-9-8-15-12(17)11(9)10/h2,4-5H,3,6-8H2,1H3,(H,15,17)(H,16,18). The van der Waals surface area contributed by atoms with E-state index in [1.807, 2.05) is 12.1 Å². The van der Waals surface area contributed by atoms with Crippen molar-refractivity contribution in [1.82, 2.24) is 5.32 Å². The van der Waals surface area contributed by atoms with E-state index in [1.54, 1.807) is 13.0 Å². The Bertz CT molecular complexity index is 548. The highest BCUT2D eigenvalue weighted by molar-refractivity contribution is 6.08. The van der Waals surface area contributed by atoms with Crippen LogP contribution >= 0.6 is 0 Å². The summed E-state index contributed by atoms with van der Waals surface area (Å²) in [5, 5.41) is 5.59. The molecule has 2 N–H and O–H groups in total. The number of nitrogens with one attached hydrogen (secondary N) is 2. The molecule has 19 heavy (non-hydrogen) atoms. The minimum absolute atomic E-state index is 0.136. The molecule has 0 aliphatic carbocycles. The topological polar surface area (TPSA) is 67.4 Å². The molecule has 5 nitrogen and oxygen atoms in total. The van der Waals surface area contributed by atoms with Crippen LogP contribution in [0.3, 0.4) is 0 Å². The molecule has 1 saturated heterocycles. The minimum Gasteiger partial charge on any atom is -0.365 e. The number of carbonyl (C=O) groups is 2. The third kappa shape index (κ3) is 2.00. The summed E-state index contributed by atoms with van der Waals surface area (Å²) >= 11 is 0. The van der Waals surface area contributed by atoms with E-state index < -0.39 is 5.60 Å². The highest BCUT2D eigenvalue weighted by Crippen LogP contribution is 2.29. The molecule has 0 bridgehead atoms. The molecule has 2 aliphatic rings. The van der Waals surface area contributed by atoms with Crippen LogP contribution < -0.4 is 10.6 Å². The van der Waals surface area contributed by atoms with Gasteiger partial charge < -0.3 is 15.4 Å². The summed E-state index contributed by atoms with van der Waals surface area (Å²) in [4.78, 5) is 24.1. The number of amides is 2. The molecule has 1 aromatic carbocycles. The molecule has 1 aromatic rings. The zero-order chi connectivity index (χ0) is 13.5. The van der Waals surface area contributed by atoms with Crippen molar-refractivity contribution < 1.29 is 14.3 Å². The third-order valence-electron chi connectivity index (χ3n) is 3.76. The van der Waals surface area contributed by atoms with E-state index in [0.29, 0.717) is 30.8 Å². The largest absolute Gasteiger partial charge is 0.365 e. The zero-order valence-electron chi connectivity index (χ0n) is 10.8.